The van der Waals surface area contributed by atoms with Crippen molar-refractivity contribution in [3.63, 3.8) is 0 Å². The molecule has 0 bridgehead atoms. The van der Waals surface area contributed by atoms with E-state index in [1.165, 1.54) is 205 Å². The first-order valence-corrected chi connectivity index (χ1v) is 31.6. The molecule has 3 rings (SSSR count). The molecule has 19 heteroatoms. The molecule has 408 valence electrons. The Morgan fingerprint density at radius 1 is 0.271 bits per heavy atom. The maximum atomic E-state index is 6.11. The van der Waals surface area contributed by atoms with Crippen molar-refractivity contribution < 1.29 is 0 Å². The minimum atomic E-state index is 0. The Bertz CT molecular complexity index is 1460. The lowest BCUT2D eigenvalue weighted by Crippen LogP contribution is -1.96. The lowest BCUT2D eigenvalue weighted by Gasteiger charge is -2.05. The Labute approximate surface area is 476 Å². The van der Waals surface area contributed by atoms with Crippen LogP contribution >= 0.6 is 118 Å². The number of thiol groups is 1. The molecule has 9 nitrogen and oxygen atoms in total. The van der Waals surface area contributed by atoms with Crippen molar-refractivity contribution in [2.75, 3.05) is 23.0 Å². The van der Waals surface area contributed by atoms with Gasteiger partial charge in [0.2, 0.25) is 31.7 Å². The molecule has 3 aromatic rings. The van der Waals surface area contributed by atoms with Crippen LogP contribution in [-0.2, 0) is 0 Å². The Morgan fingerprint density at radius 2 is 0.457 bits per heavy atom. The first-order valence-electron chi connectivity index (χ1n) is 25.8. The third kappa shape index (κ3) is 51.6. The van der Waals surface area contributed by atoms with Gasteiger partial charge in [-0.05, 0) is 101 Å². The zero-order valence-corrected chi connectivity index (χ0v) is 49.8. The van der Waals surface area contributed by atoms with E-state index in [2.05, 4.69) is 85.2 Å². The summed E-state index contributed by atoms with van der Waals surface area (Å²) in [5.74, 6) is 4.20. The van der Waals surface area contributed by atoms with E-state index in [0.29, 0.717) is 10.4 Å². The molecule has 0 amide bonds. The summed E-state index contributed by atoms with van der Waals surface area (Å²) >= 11 is 42.7. The molecule has 70 heavy (non-hydrogen) atoms. The minimum absolute atomic E-state index is 0. The lowest BCUT2D eigenvalue weighted by atomic mass is 10.1. The van der Waals surface area contributed by atoms with Crippen LogP contribution in [0.3, 0.4) is 0 Å². The SMILES string of the molecule is C.C.CCCCCCCCCCS.CCCCCCCCCCSc1nc(Cl)nc(Cl)n1.CCCCCCCCCCSc1nc(Cl)nc(SCCCCCCCCCC)n1.Clc1nc(Cl)nc(Cl)n1. The van der Waals surface area contributed by atoms with E-state index in [-0.39, 0.29) is 41.3 Å². The number of halogens is 6. The second-order valence-corrected chi connectivity index (χ2v) is 22.3. The molecule has 0 saturated heterocycles. The number of thioether (sulfide) groups is 3. The molecule has 0 saturated carbocycles. The number of hydrogen-bond donors (Lipinski definition) is 1. The second-order valence-electron chi connectivity index (χ2n) is 16.6. The zero-order chi connectivity index (χ0) is 50.1. The van der Waals surface area contributed by atoms with Crippen LogP contribution in [0.15, 0.2) is 15.5 Å². The highest BCUT2D eigenvalue weighted by Crippen LogP contribution is 2.24. The van der Waals surface area contributed by atoms with Gasteiger partial charge in [0, 0.05) is 17.3 Å². The number of aromatic nitrogens is 9. The minimum Gasteiger partial charge on any atom is -0.196 e. The number of unbranched alkanes of at least 4 members (excludes halogenated alkanes) is 28. The molecule has 0 aliphatic carbocycles. The van der Waals surface area contributed by atoms with Crippen LogP contribution in [0.1, 0.15) is 248 Å². The summed E-state index contributed by atoms with van der Waals surface area (Å²) in [7, 11) is 0. The summed E-state index contributed by atoms with van der Waals surface area (Å²) in [6.45, 7) is 9.05. The predicted octanol–water partition coefficient (Wildman–Crippen LogP) is 21.6. The summed E-state index contributed by atoms with van der Waals surface area (Å²) in [4.78, 5) is 35.3. The van der Waals surface area contributed by atoms with E-state index in [1.54, 1.807) is 35.3 Å². The third-order valence-electron chi connectivity index (χ3n) is 10.4. The average Bonchev–Trinajstić information content (AvgIpc) is 3.29. The standard InChI is InChI=1S/C23H42ClN3S2.C13H21Cl2N3S.C10H22S.C3Cl3N3.2CH4/c1-3-5-7-9-11-13-15-17-19-28-22-25-21(24)26-23(27-22)29-20-18-16-14-12-10-8-6-4-2;1-2-3-4-5-6-7-8-9-10-19-13-17-11(14)16-12(15)18-13;1-2-3-4-5-6-7-8-9-10-11;4-1-7-2(5)9-3(6)8-1;;/h3-20H2,1-2H3;2-10H2,1H3;11H,2-10H2,1H3;;2*1H4. The van der Waals surface area contributed by atoms with E-state index < -0.39 is 0 Å². The van der Waals surface area contributed by atoms with Crippen molar-refractivity contribution in [2.24, 2.45) is 0 Å². The highest BCUT2D eigenvalue weighted by atomic mass is 35.5. The van der Waals surface area contributed by atoms with Crippen LogP contribution in [0, 0.1) is 0 Å². The molecule has 0 unspecified atom stereocenters. The fourth-order valence-electron chi connectivity index (χ4n) is 6.56. The maximum Gasteiger partial charge on any atom is 0.227 e. The van der Waals surface area contributed by atoms with Crippen LogP contribution in [0.25, 0.3) is 0 Å². The van der Waals surface area contributed by atoms with E-state index >= 15 is 0 Å². The fourth-order valence-corrected chi connectivity index (χ4v) is 10.7. The molecule has 0 spiro atoms. The van der Waals surface area contributed by atoms with Gasteiger partial charge in [-0.3, -0.25) is 0 Å². The highest BCUT2D eigenvalue weighted by Gasteiger charge is 2.07. The summed E-state index contributed by atoms with van der Waals surface area (Å²) in [6.07, 6.45) is 43.3. The van der Waals surface area contributed by atoms with Crippen molar-refractivity contribution >= 4 is 118 Å². The normalized spacial score (nSPS) is 10.5. The van der Waals surface area contributed by atoms with E-state index in [4.69, 9.17) is 69.6 Å². The van der Waals surface area contributed by atoms with Crippen LogP contribution in [-0.4, -0.2) is 67.9 Å². The predicted molar refractivity (Wildman–Crippen MR) is 319 cm³/mol. The fraction of sp³-hybridized carbons (Fsp3) is 0.824. The van der Waals surface area contributed by atoms with Gasteiger partial charge in [0.25, 0.3) is 0 Å². The molecule has 3 heterocycles. The van der Waals surface area contributed by atoms with Crippen LogP contribution in [0.4, 0.5) is 0 Å². The van der Waals surface area contributed by atoms with Crippen molar-refractivity contribution in [2.45, 2.75) is 263 Å². The topological polar surface area (TPSA) is 116 Å². The van der Waals surface area contributed by atoms with Gasteiger partial charge in [0.1, 0.15) is 0 Å². The second kappa shape index (κ2) is 56.9. The molecular formula is C51H93Cl6N9S4. The Morgan fingerprint density at radius 3 is 0.700 bits per heavy atom. The summed E-state index contributed by atoms with van der Waals surface area (Å²) in [6, 6.07) is 0. The first-order chi connectivity index (χ1) is 33.1. The van der Waals surface area contributed by atoms with Gasteiger partial charge >= 0.3 is 0 Å². The van der Waals surface area contributed by atoms with Gasteiger partial charge in [-0.15, -0.1) is 0 Å². The van der Waals surface area contributed by atoms with Crippen LogP contribution < -0.4 is 0 Å². The summed E-state index contributed by atoms with van der Waals surface area (Å²) in [5, 5.41) is 2.85. The summed E-state index contributed by atoms with van der Waals surface area (Å²) in [5.41, 5.74) is 0. The van der Waals surface area contributed by atoms with Gasteiger partial charge in [-0.2, -0.15) is 57.5 Å². The Balaban J connectivity index is -0.000000936. The molecule has 0 radical (unpaired) electrons. The van der Waals surface area contributed by atoms with Gasteiger partial charge in [0.05, 0.1) is 0 Å². The monoisotopic (exact) mass is 1170 g/mol. The molecule has 3 aromatic heterocycles. The molecule has 0 aliphatic heterocycles. The van der Waals surface area contributed by atoms with E-state index in [0.717, 1.165) is 33.3 Å². The van der Waals surface area contributed by atoms with Crippen LogP contribution in [0.5, 0.6) is 0 Å². The maximum absolute atomic E-state index is 6.11. The third-order valence-corrected chi connectivity index (χ3v) is 14.5. The van der Waals surface area contributed by atoms with Gasteiger partial charge in [0.15, 0.2) is 15.5 Å². The van der Waals surface area contributed by atoms with E-state index in [1.807, 2.05) is 0 Å². The van der Waals surface area contributed by atoms with Gasteiger partial charge in [-0.1, -0.05) is 258 Å². The molecule has 0 fully saturated rings. The number of rotatable bonds is 38. The van der Waals surface area contributed by atoms with Crippen molar-refractivity contribution in [1.29, 1.82) is 0 Å². The zero-order valence-electron chi connectivity index (χ0n) is 41.9. The molecular weight excluding hydrogens is 1080 g/mol. The largest absolute Gasteiger partial charge is 0.227 e. The highest BCUT2D eigenvalue weighted by molar-refractivity contribution is 7.99. The number of hydrogen-bond acceptors (Lipinski definition) is 13. The quantitative estimate of drug-likeness (QED) is 0.0335. The molecule has 0 aliphatic rings. The first kappa shape index (κ1) is 74.4. The number of nitrogens with zero attached hydrogens (tertiary/aromatic N) is 9. The van der Waals surface area contributed by atoms with Crippen LogP contribution in [0.2, 0.25) is 31.7 Å². The average molecular weight is 1170 g/mol. The Kier molecular flexibility index (Phi) is 60.5. The van der Waals surface area contributed by atoms with E-state index in [9.17, 15) is 0 Å². The Hall–Kier alpha value is 0.170. The van der Waals surface area contributed by atoms with Gasteiger partial charge < -0.3 is 0 Å². The van der Waals surface area contributed by atoms with Gasteiger partial charge in [-0.25, -0.2) is 0 Å². The van der Waals surface area contributed by atoms with Crippen molar-refractivity contribution in [3.05, 3.63) is 31.7 Å². The molecule has 0 N–H and O–H groups in total. The molecule has 0 aromatic carbocycles. The molecule has 0 atom stereocenters. The smallest absolute Gasteiger partial charge is 0.196 e. The lowest BCUT2D eigenvalue weighted by molar-refractivity contribution is 0.586. The summed E-state index contributed by atoms with van der Waals surface area (Å²) < 4.78 is 0. The van der Waals surface area contributed by atoms with Crippen molar-refractivity contribution in [3.8, 4) is 0 Å². The van der Waals surface area contributed by atoms with Crippen molar-refractivity contribution in [1.82, 2.24) is 44.9 Å².